The second kappa shape index (κ2) is 3.32. The summed E-state index contributed by atoms with van der Waals surface area (Å²) in [4.78, 5) is 16.5. The van der Waals surface area contributed by atoms with E-state index in [2.05, 4.69) is 10.3 Å². The van der Waals surface area contributed by atoms with Gasteiger partial charge in [0.15, 0.2) is 0 Å². The lowest BCUT2D eigenvalue weighted by Crippen LogP contribution is -2.31. The fourth-order valence-electron chi connectivity index (χ4n) is 2.81. The first-order valence-electron chi connectivity index (χ1n) is 6.19. The highest BCUT2D eigenvalue weighted by atomic mass is 16.3. The van der Waals surface area contributed by atoms with Crippen LogP contribution in [0.15, 0.2) is 18.5 Å². The molecule has 2 N–H and O–H groups in total. The fourth-order valence-corrected chi connectivity index (χ4v) is 2.81. The first-order valence-corrected chi connectivity index (χ1v) is 6.19. The Morgan fingerprint density at radius 1 is 1.44 bits per heavy atom. The van der Waals surface area contributed by atoms with Crippen molar-refractivity contribution in [1.29, 1.82) is 0 Å². The Hall–Kier alpha value is -1.88. The molecule has 0 spiro atoms. The van der Waals surface area contributed by atoms with Crippen molar-refractivity contribution in [3.63, 3.8) is 0 Å². The number of imidazole rings is 1. The molecule has 1 aliphatic heterocycles. The molecule has 18 heavy (non-hydrogen) atoms. The molecule has 2 aromatic rings. The van der Waals surface area contributed by atoms with Gasteiger partial charge in [0.05, 0.1) is 29.7 Å². The molecule has 1 aromatic heterocycles. The summed E-state index contributed by atoms with van der Waals surface area (Å²) >= 11 is 0. The Balaban J connectivity index is 1.98. The standard InChI is InChI=1S/C13H13N3O2/c17-5-7-3-9-12-10(4-7)15-13(18)11(8-1-2-8)16(12)6-14-9/h3-4,6,8,11,17H,1-2,5H2,(H,15,18). The third kappa shape index (κ3) is 1.25. The van der Waals surface area contributed by atoms with Gasteiger partial charge in [-0.2, -0.15) is 0 Å². The summed E-state index contributed by atoms with van der Waals surface area (Å²) in [6.07, 6.45) is 3.97. The molecule has 1 aliphatic carbocycles. The van der Waals surface area contributed by atoms with Crippen molar-refractivity contribution in [3.8, 4) is 0 Å². The van der Waals surface area contributed by atoms with Crippen molar-refractivity contribution in [1.82, 2.24) is 9.55 Å². The highest BCUT2D eigenvalue weighted by molar-refractivity contribution is 6.05. The third-order valence-corrected chi connectivity index (χ3v) is 3.81. The predicted molar refractivity (Wildman–Crippen MR) is 66.0 cm³/mol. The molecule has 1 saturated carbocycles. The summed E-state index contributed by atoms with van der Waals surface area (Å²) in [5.74, 6) is 0.493. The number of aliphatic hydroxyl groups is 1. The molecule has 1 aromatic carbocycles. The Kier molecular flexibility index (Phi) is 1.86. The maximum atomic E-state index is 12.2. The molecule has 1 atom stereocenters. The van der Waals surface area contributed by atoms with E-state index >= 15 is 0 Å². The zero-order chi connectivity index (χ0) is 12.3. The van der Waals surface area contributed by atoms with Gasteiger partial charge in [-0.05, 0) is 36.5 Å². The van der Waals surface area contributed by atoms with Gasteiger partial charge in [0, 0.05) is 0 Å². The van der Waals surface area contributed by atoms with Crippen LogP contribution in [-0.4, -0.2) is 20.6 Å². The SMILES string of the molecule is O=C1Nc2cc(CO)cc3ncn(c23)C1C1CC1. The molecule has 1 amide bonds. The molecule has 92 valence electrons. The number of amides is 1. The van der Waals surface area contributed by atoms with Gasteiger partial charge in [0.25, 0.3) is 0 Å². The molecule has 5 heteroatoms. The molecule has 0 bridgehead atoms. The second-order valence-electron chi connectivity index (χ2n) is 5.09. The van der Waals surface area contributed by atoms with Crippen LogP contribution < -0.4 is 5.32 Å². The molecule has 1 unspecified atom stereocenters. The lowest BCUT2D eigenvalue weighted by Gasteiger charge is -2.25. The van der Waals surface area contributed by atoms with Gasteiger partial charge >= 0.3 is 0 Å². The van der Waals surface area contributed by atoms with Crippen molar-refractivity contribution < 1.29 is 9.90 Å². The minimum atomic E-state index is -0.109. The highest BCUT2D eigenvalue weighted by Crippen LogP contribution is 2.44. The highest BCUT2D eigenvalue weighted by Gasteiger charge is 2.40. The molecular weight excluding hydrogens is 230 g/mol. The monoisotopic (exact) mass is 243 g/mol. The van der Waals surface area contributed by atoms with E-state index in [1.807, 2.05) is 16.7 Å². The van der Waals surface area contributed by atoms with Crippen molar-refractivity contribution in [3.05, 3.63) is 24.0 Å². The maximum absolute atomic E-state index is 12.2. The number of hydrogen-bond donors (Lipinski definition) is 2. The number of benzene rings is 1. The average Bonchev–Trinajstić information content (AvgIpc) is 3.10. The van der Waals surface area contributed by atoms with Crippen LogP contribution >= 0.6 is 0 Å². The smallest absolute Gasteiger partial charge is 0.247 e. The largest absolute Gasteiger partial charge is 0.392 e. The minimum absolute atomic E-state index is 0.0411. The number of rotatable bonds is 2. The van der Waals surface area contributed by atoms with Gasteiger partial charge in [-0.25, -0.2) is 4.98 Å². The Morgan fingerprint density at radius 3 is 3.00 bits per heavy atom. The van der Waals surface area contributed by atoms with E-state index in [0.717, 1.165) is 35.1 Å². The van der Waals surface area contributed by atoms with Crippen LogP contribution in [0.3, 0.4) is 0 Å². The summed E-state index contributed by atoms with van der Waals surface area (Å²) in [6, 6.07) is 3.58. The van der Waals surface area contributed by atoms with E-state index in [1.165, 1.54) is 0 Å². The van der Waals surface area contributed by atoms with E-state index < -0.39 is 0 Å². The van der Waals surface area contributed by atoms with E-state index in [4.69, 9.17) is 0 Å². The molecule has 0 radical (unpaired) electrons. The Morgan fingerprint density at radius 2 is 2.28 bits per heavy atom. The van der Waals surface area contributed by atoms with Crippen molar-refractivity contribution in [2.24, 2.45) is 5.92 Å². The number of nitrogens with one attached hydrogen (secondary N) is 1. The molecule has 2 aliphatic rings. The predicted octanol–water partition coefficient (Wildman–Crippen LogP) is 1.43. The Labute approximate surface area is 103 Å². The summed E-state index contributed by atoms with van der Waals surface area (Å²) in [7, 11) is 0. The zero-order valence-corrected chi connectivity index (χ0v) is 9.76. The quantitative estimate of drug-likeness (QED) is 0.838. The first kappa shape index (κ1) is 10.1. The first-order chi connectivity index (χ1) is 8.78. The van der Waals surface area contributed by atoms with Crippen LogP contribution in [0.1, 0.15) is 24.4 Å². The number of nitrogens with zero attached hydrogens (tertiary/aromatic N) is 2. The minimum Gasteiger partial charge on any atom is -0.392 e. The lowest BCUT2D eigenvalue weighted by molar-refractivity contribution is -0.120. The zero-order valence-electron chi connectivity index (χ0n) is 9.76. The average molecular weight is 243 g/mol. The number of aromatic nitrogens is 2. The molecule has 2 heterocycles. The van der Waals surface area contributed by atoms with Gasteiger partial charge in [-0.1, -0.05) is 0 Å². The van der Waals surface area contributed by atoms with Gasteiger partial charge in [0.2, 0.25) is 5.91 Å². The topological polar surface area (TPSA) is 67.2 Å². The number of carbonyl (C=O) groups excluding carboxylic acids is 1. The van der Waals surface area contributed by atoms with Gasteiger partial charge in [-0.15, -0.1) is 0 Å². The van der Waals surface area contributed by atoms with Crippen LogP contribution in [0.5, 0.6) is 0 Å². The third-order valence-electron chi connectivity index (χ3n) is 3.81. The summed E-state index contributed by atoms with van der Waals surface area (Å²) < 4.78 is 1.99. The van der Waals surface area contributed by atoms with Crippen LogP contribution in [0.4, 0.5) is 5.69 Å². The number of carbonyl (C=O) groups is 1. The van der Waals surface area contributed by atoms with E-state index in [-0.39, 0.29) is 18.6 Å². The van der Waals surface area contributed by atoms with E-state index in [9.17, 15) is 9.90 Å². The summed E-state index contributed by atoms with van der Waals surface area (Å²) in [5, 5.41) is 12.2. The van der Waals surface area contributed by atoms with E-state index in [0.29, 0.717) is 5.92 Å². The number of aliphatic hydroxyl groups excluding tert-OH is 1. The van der Waals surface area contributed by atoms with Crippen molar-refractivity contribution in [2.45, 2.75) is 25.5 Å². The lowest BCUT2D eigenvalue weighted by atomic mass is 10.1. The van der Waals surface area contributed by atoms with Crippen molar-refractivity contribution >= 4 is 22.6 Å². The van der Waals surface area contributed by atoms with Crippen LogP contribution in [0, 0.1) is 5.92 Å². The maximum Gasteiger partial charge on any atom is 0.247 e. The molecular formula is C13H13N3O2. The fraction of sp³-hybridized carbons (Fsp3) is 0.385. The number of anilines is 1. The summed E-state index contributed by atoms with van der Waals surface area (Å²) in [6.45, 7) is -0.0439. The molecule has 1 fully saturated rings. The summed E-state index contributed by atoms with van der Waals surface area (Å²) in [5.41, 5.74) is 3.34. The van der Waals surface area contributed by atoms with Gasteiger partial charge in [-0.3, -0.25) is 4.79 Å². The van der Waals surface area contributed by atoms with Crippen molar-refractivity contribution in [2.75, 3.05) is 5.32 Å². The van der Waals surface area contributed by atoms with Crippen LogP contribution in [-0.2, 0) is 11.4 Å². The van der Waals surface area contributed by atoms with Crippen LogP contribution in [0.25, 0.3) is 11.0 Å². The number of hydrogen-bond acceptors (Lipinski definition) is 3. The molecule has 5 nitrogen and oxygen atoms in total. The van der Waals surface area contributed by atoms with Gasteiger partial charge < -0.3 is 15.0 Å². The van der Waals surface area contributed by atoms with Gasteiger partial charge in [0.1, 0.15) is 6.04 Å². The van der Waals surface area contributed by atoms with E-state index in [1.54, 1.807) is 6.33 Å². The van der Waals surface area contributed by atoms with Crippen LogP contribution in [0.2, 0.25) is 0 Å². The molecule has 4 rings (SSSR count). The second-order valence-corrected chi connectivity index (χ2v) is 5.09. The normalized spacial score (nSPS) is 22.3. The Bertz CT molecular complexity index is 658. The molecule has 0 saturated heterocycles.